The number of para-hydroxylation sites is 1. The van der Waals surface area contributed by atoms with Gasteiger partial charge in [-0.15, -0.1) is 0 Å². The van der Waals surface area contributed by atoms with Crippen molar-refractivity contribution in [3.63, 3.8) is 0 Å². The summed E-state index contributed by atoms with van der Waals surface area (Å²) in [6.45, 7) is 6.94. The average Bonchev–Trinajstić information content (AvgIpc) is 3.14. The van der Waals surface area contributed by atoms with Gasteiger partial charge in [0.25, 0.3) is 5.91 Å². The van der Waals surface area contributed by atoms with Crippen molar-refractivity contribution in [2.24, 2.45) is 0 Å². The first kappa shape index (κ1) is 20.0. The van der Waals surface area contributed by atoms with E-state index in [2.05, 4.69) is 26.1 Å². The normalized spacial score (nSPS) is 15.2. The number of ether oxygens (including phenoxy) is 2. The summed E-state index contributed by atoms with van der Waals surface area (Å²) < 4.78 is 11.9. The van der Waals surface area contributed by atoms with Crippen LogP contribution in [0.1, 0.15) is 42.3 Å². The second kappa shape index (κ2) is 8.23. The van der Waals surface area contributed by atoms with Crippen molar-refractivity contribution in [2.45, 2.75) is 38.7 Å². The summed E-state index contributed by atoms with van der Waals surface area (Å²) in [5, 5.41) is 2.99. The summed E-state index contributed by atoms with van der Waals surface area (Å²) in [5.74, 6) is 2.36. The van der Waals surface area contributed by atoms with Crippen LogP contribution in [0.15, 0.2) is 72.8 Å². The number of carbonyl (C=O) groups excluding carboxylic acids is 1. The molecule has 0 unspecified atom stereocenters. The molecule has 3 aromatic rings. The van der Waals surface area contributed by atoms with Gasteiger partial charge in [-0.2, -0.15) is 0 Å². The highest BCUT2D eigenvalue weighted by molar-refractivity contribution is 5.94. The molecule has 3 aromatic carbocycles. The summed E-state index contributed by atoms with van der Waals surface area (Å²) in [6, 6.07) is 23.4. The Kier molecular flexibility index (Phi) is 5.49. The van der Waals surface area contributed by atoms with E-state index in [4.69, 9.17) is 9.47 Å². The van der Waals surface area contributed by atoms with Crippen molar-refractivity contribution in [3.8, 4) is 17.2 Å². The highest BCUT2D eigenvalue weighted by Gasteiger charge is 2.24. The molecule has 1 aliphatic heterocycles. The van der Waals surface area contributed by atoms with Gasteiger partial charge in [0.05, 0.1) is 6.54 Å². The highest BCUT2D eigenvalue weighted by Crippen LogP contribution is 2.33. The van der Waals surface area contributed by atoms with Crippen LogP contribution in [0.5, 0.6) is 17.2 Å². The maximum atomic E-state index is 12.5. The fraction of sp³-hybridized carbons (Fsp3) is 0.269. The van der Waals surface area contributed by atoms with Crippen LogP contribution in [0.2, 0.25) is 0 Å². The van der Waals surface area contributed by atoms with Gasteiger partial charge >= 0.3 is 0 Å². The summed E-state index contributed by atoms with van der Waals surface area (Å²) in [6.07, 6.45) is 0.662. The van der Waals surface area contributed by atoms with E-state index in [-0.39, 0.29) is 17.4 Å². The minimum Gasteiger partial charge on any atom is -0.488 e. The molecule has 0 fully saturated rings. The summed E-state index contributed by atoms with van der Waals surface area (Å²) in [4.78, 5) is 12.5. The molecule has 4 nitrogen and oxygen atoms in total. The number of hydrogen-bond acceptors (Lipinski definition) is 3. The second-order valence-electron chi connectivity index (χ2n) is 8.67. The van der Waals surface area contributed by atoms with E-state index in [0.717, 1.165) is 29.2 Å². The first-order chi connectivity index (χ1) is 14.4. The first-order valence-electron chi connectivity index (χ1n) is 10.3. The van der Waals surface area contributed by atoms with Gasteiger partial charge < -0.3 is 14.8 Å². The first-order valence-corrected chi connectivity index (χ1v) is 10.3. The molecule has 0 bridgehead atoms. The van der Waals surface area contributed by atoms with Crippen molar-refractivity contribution in [2.75, 3.05) is 6.54 Å². The van der Waals surface area contributed by atoms with Gasteiger partial charge in [-0.25, -0.2) is 0 Å². The van der Waals surface area contributed by atoms with Gasteiger partial charge in [0.15, 0.2) is 0 Å². The van der Waals surface area contributed by atoms with E-state index >= 15 is 0 Å². The topological polar surface area (TPSA) is 47.6 Å². The zero-order chi connectivity index (χ0) is 21.1. The third-order valence-electron chi connectivity index (χ3n) is 5.26. The number of carbonyl (C=O) groups is 1. The van der Waals surface area contributed by atoms with E-state index < -0.39 is 0 Å². The van der Waals surface area contributed by atoms with Crippen molar-refractivity contribution in [3.05, 3.63) is 89.5 Å². The fourth-order valence-corrected chi connectivity index (χ4v) is 3.53. The zero-order valence-electron chi connectivity index (χ0n) is 17.6. The molecule has 0 aromatic heterocycles. The third-order valence-corrected chi connectivity index (χ3v) is 5.26. The Labute approximate surface area is 177 Å². The van der Waals surface area contributed by atoms with Crippen LogP contribution >= 0.6 is 0 Å². The molecule has 154 valence electrons. The zero-order valence-corrected chi connectivity index (χ0v) is 17.6. The molecule has 0 radical (unpaired) electrons. The molecular weight excluding hydrogens is 374 g/mol. The quantitative estimate of drug-likeness (QED) is 0.613. The third kappa shape index (κ3) is 4.65. The van der Waals surface area contributed by atoms with Crippen LogP contribution in [0, 0.1) is 0 Å². The van der Waals surface area contributed by atoms with Crippen molar-refractivity contribution >= 4 is 5.91 Å². The summed E-state index contributed by atoms with van der Waals surface area (Å²) in [7, 11) is 0. The number of fused-ring (bicyclic) bond motifs is 1. The lowest BCUT2D eigenvalue weighted by atomic mass is 9.87. The van der Waals surface area contributed by atoms with Gasteiger partial charge in [-0.1, -0.05) is 51.1 Å². The lowest BCUT2D eigenvalue weighted by Crippen LogP contribution is -2.34. The van der Waals surface area contributed by atoms with E-state index in [1.165, 1.54) is 5.56 Å². The number of benzene rings is 3. The molecule has 30 heavy (non-hydrogen) atoms. The van der Waals surface area contributed by atoms with Gasteiger partial charge in [0, 0.05) is 17.5 Å². The van der Waals surface area contributed by atoms with Gasteiger partial charge in [0.2, 0.25) is 0 Å². The molecular formula is C26H27NO3. The molecule has 0 saturated heterocycles. The van der Waals surface area contributed by atoms with E-state index in [1.54, 1.807) is 0 Å². The minimum absolute atomic E-state index is 0.0710. The number of hydrogen-bond donors (Lipinski definition) is 1. The number of rotatable bonds is 5. The Morgan fingerprint density at radius 3 is 2.43 bits per heavy atom. The minimum atomic E-state index is -0.0804. The number of amides is 1. The highest BCUT2D eigenvalue weighted by atomic mass is 16.5. The predicted molar refractivity (Wildman–Crippen MR) is 119 cm³/mol. The van der Waals surface area contributed by atoms with Gasteiger partial charge in [-0.05, 0) is 53.4 Å². The summed E-state index contributed by atoms with van der Waals surface area (Å²) >= 11 is 0. The second-order valence-corrected chi connectivity index (χ2v) is 8.67. The lowest BCUT2D eigenvalue weighted by molar-refractivity contribution is 0.0933. The summed E-state index contributed by atoms with van der Waals surface area (Å²) in [5.41, 5.74) is 3.04. The van der Waals surface area contributed by atoms with Crippen LogP contribution in [0.3, 0.4) is 0 Å². The van der Waals surface area contributed by atoms with Gasteiger partial charge in [-0.3, -0.25) is 4.79 Å². The maximum absolute atomic E-state index is 12.5. The standard InChI is InChI=1S/C26H27NO3/c1-26(2,3)20-11-9-18(10-12-20)25(28)27-17-23-16-19-15-22(13-14-24(19)30-23)29-21-7-5-4-6-8-21/h4-15,23H,16-17H2,1-3H3,(H,27,28)/t23-/m1/s1. The predicted octanol–water partition coefficient (Wildman–Crippen LogP) is 5.51. The van der Waals surface area contributed by atoms with E-state index in [0.29, 0.717) is 12.1 Å². The van der Waals surface area contributed by atoms with E-state index in [9.17, 15) is 4.79 Å². The Balaban J connectivity index is 1.33. The van der Waals surface area contributed by atoms with Crippen LogP contribution in [0.4, 0.5) is 0 Å². The molecule has 0 aliphatic carbocycles. The van der Waals surface area contributed by atoms with Gasteiger partial charge in [0.1, 0.15) is 23.4 Å². The molecule has 1 aliphatic rings. The molecule has 1 atom stereocenters. The Morgan fingerprint density at radius 2 is 1.73 bits per heavy atom. The molecule has 1 heterocycles. The Hall–Kier alpha value is -3.27. The lowest BCUT2D eigenvalue weighted by Gasteiger charge is -2.19. The Morgan fingerprint density at radius 1 is 1.00 bits per heavy atom. The Bertz CT molecular complexity index is 1020. The molecule has 4 heteroatoms. The monoisotopic (exact) mass is 401 g/mol. The van der Waals surface area contributed by atoms with Crippen molar-refractivity contribution in [1.29, 1.82) is 0 Å². The van der Waals surface area contributed by atoms with Crippen molar-refractivity contribution in [1.82, 2.24) is 5.32 Å². The van der Waals surface area contributed by atoms with Crippen LogP contribution in [-0.4, -0.2) is 18.6 Å². The van der Waals surface area contributed by atoms with Crippen LogP contribution in [-0.2, 0) is 11.8 Å². The van der Waals surface area contributed by atoms with Crippen LogP contribution in [0.25, 0.3) is 0 Å². The fourth-order valence-electron chi connectivity index (χ4n) is 3.53. The average molecular weight is 402 g/mol. The van der Waals surface area contributed by atoms with Crippen LogP contribution < -0.4 is 14.8 Å². The molecule has 0 saturated carbocycles. The SMILES string of the molecule is CC(C)(C)c1ccc(C(=O)NC[C@H]2Cc3cc(Oc4ccccc4)ccc3O2)cc1. The van der Waals surface area contributed by atoms with Crippen molar-refractivity contribution < 1.29 is 14.3 Å². The number of nitrogens with one attached hydrogen (secondary N) is 1. The van der Waals surface area contributed by atoms with E-state index in [1.807, 2.05) is 72.8 Å². The molecule has 4 rings (SSSR count). The largest absolute Gasteiger partial charge is 0.488 e. The maximum Gasteiger partial charge on any atom is 0.251 e. The molecule has 1 N–H and O–H groups in total. The molecule has 1 amide bonds. The molecule has 0 spiro atoms. The smallest absolute Gasteiger partial charge is 0.251 e.